The number of nitrogens with one attached hydrogen (secondary N) is 1. The summed E-state index contributed by atoms with van der Waals surface area (Å²) in [5.41, 5.74) is 4.24. The molecule has 0 saturated heterocycles. The lowest BCUT2D eigenvalue weighted by molar-refractivity contribution is 0.414. The van der Waals surface area contributed by atoms with Crippen molar-refractivity contribution in [3.8, 4) is 38.9 Å². The van der Waals surface area contributed by atoms with E-state index in [1.165, 1.54) is 0 Å². The minimum absolute atomic E-state index is 0.682. The molecule has 31 heavy (non-hydrogen) atoms. The van der Waals surface area contributed by atoms with Gasteiger partial charge in [-0.05, 0) is 71.8 Å². The van der Waals surface area contributed by atoms with Gasteiger partial charge in [0.05, 0.1) is 31.9 Å². The Kier molecular flexibility index (Phi) is 6.38. The first-order chi connectivity index (χ1) is 15.2. The van der Waals surface area contributed by atoms with E-state index in [0.29, 0.717) is 6.54 Å². The largest absolute Gasteiger partial charge is 0.497 e. The number of rotatable bonds is 8. The Morgan fingerprint density at radius 2 is 1.16 bits per heavy atom. The highest BCUT2D eigenvalue weighted by Gasteiger charge is 2.15. The molecule has 0 atom stereocenters. The molecule has 1 heterocycles. The smallest absolute Gasteiger partial charge is 0.184 e. The van der Waals surface area contributed by atoms with E-state index in [1.54, 1.807) is 32.7 Å². The van der Waals surface area contributed by atoms with Crippen LogP contribution in [0.5, 0.6) is 17.2 Å². The maximum Gasteiger partial charge on any atom is 0.184 e. The molecule has 0 aliphatic carbocycles. The van der Waals surface area contributed by atoms with Crippen molar-refractivity contribution in [3.05, 3.63) is 78.4 Å². The molecule has 0 bridgehead atoms. The van der Waals surface area contributed by atoms with Gasteiger partial charge < -0.3 is 19.5 Å². The van der Waals surface area contributed by atoms with Crippen LogP contribution in [-0.2, 0) is 6.54 Å². The van der Waals surface area contributed by atoms with E-state index in [1.807, 2.05) is 60.7 Å². The molecule has 5 nitrogen and oxygen atoms in total. The number of hydrogen-bond donors (Lipinski definition) is 1. The van der Waals surface area contributed by atoms with Gasteiger partial charge in [-0.15, -0.1) is 0 Å². The van der Waals surface area contributed by atoms with E-state index in [9.17, 15) is 0 Å². The normalized spacial score (nSPS) is 10.5. The molecule has 0 aliphatic heterocycles. The van der Waals surface area contributed by atoms with E-state index in [2.05, 4.69) is 17.4 Å². The van der Waals surface area contributed by atoms with Crippen LogP contribution in [0, 0.1) is 0 Å². The number of aromatic nitrogens is 1. The summed E-state index contributed by atoms with van der Waals surface area (Å²) in [4.78, 5) is 6.02. The van der Waals surface area contributed by atoms with Crippen LogP contribution in [-0.4, -0.2) is 26.3 Å². The van der Waals surface area contributed by atoms with Gasteiger partial charge in [0.15, 0.2) is 5.13 Å². The zero-order chi connectivity index (χ0) is 21.6. The highest BCUT2D eigenvalue weighted by molar-refractivity contribution is 7.19. The highest BCUT2D eigenvalue weighted by Crippen LogP contribution is 2.40. The van der Waals surface area contributed by atoms with E-state index < -0.39 is 0 Å². The maximum atomic E-state index is 5.31. The molecule has 158 valence electrons. The van der Waals surface area contributed by atoms with E-state index in [0.717, 1.165) is 49.6 Å². The zero-order valence-corrected chi connectivity index (χ0v) is 18.5. The average Bonchev–Trinajstić information content (AvgIpc) is 3.27. The SMILES string of the molecule is COc1ccc(CNc2nc(-c3ccc(OC)cc3)c(-c3ccc(OC)cc3)s2)cc1. The fourth-order valence-electron chi connectivity index (χ4n) is 3.20. The lowest BCUT2D eigenvalue weighted by Gasteiger charge is -2.05. The van der Waals surface area contributed by atoms with Crippen LogP contribution < -0.4 is 19.5 Å². The molecule has 0 amide bonds. The Morgan fingerprint density at radius 3 is 1.68 bits per heavy atom. The lowest BCUT2D eigenvalue weighted by Crippen LogP contribution is -1.98. The number of benzene rings is 3. The molecule has 1 aromatic heterocycles. The second-order valence-corrected chi connectivity index (χ2v) is 7.85. The number of anilines is 1. The minimum Gasteiger partial charge on any atom is -0.497 e. The molecule has 6 heteroatoms. The van der Waals surface area contributed by atoms with Gasteiger partial charge in [-0.2, -0.15) is 0 Å². The van der Waals surface area contributed by atoms with Gasteiger partial charge in [0.2, 0.25) is 0 Å². The second kappa shape index (κ2) is 9.53. The number of nitrogens with zero attached hydrogens (tertiary/aromatic N) is 1. The summed E-state index contributed by atoms with van der Waals surface area (Å²) in [6.07, 6.45) is 0. The Labute approximate surface area is 186 Å². The molecule has 3 aromatic carbocycles. The number of methoxy groups -OCH3 is 3. The standard InChI is InChI=1S/C25H24N2O3S/c1-28-20-10-4-17(5-11-20)16-26-25-27-23(18-6-12-21(29-2)13-7-18)24(31-25)19-8-14-22(30-3)15-9-19/h4-15H,16H2,1-3H3,(H,26,27). The van der Waals surface area contributed by atoms with Gasteiger partial charge in [-0.1, -0.05) is 23.5 Å². The van der Waals surface area contributed by atoms with Crippen molar-refractivity contribution in [2.75, 3.05) is 26.6 Å². The van der Waals surface area contributed by atoms with E-state index >= 15 is 0 Å². The van der Waals surface area contributed by atoms with Crippen LogP contribution in [0.15, 0.2) is 72.8 Å². The predicted octanol–water partition coefficient (Wildman–Crippen LogP) is 6.12. The molecule has 0 spiro atoms. The predicted molar refractivity (Wildman–Crippen MR) is 126 cm³/mol. The Morgan fingerprint density at radius 1 is 0.677 bits per heavy atom. The number of hydrogen-bond acceptors (Lipinski definition) is 6. The first kappa shape index (κ1) is 20.8. The highest BCUT2D eigenvalue weighted by atomic mass is 32.1. The fourth-order valence-corrected chi connectivity index (χ4v) is 4.19. The molecule has 4 rings (SSSR count). The first-order valence-corrected chi connectivity index (χ1v) is 10.7. The summed E-state index contributed by atoms with van der Waals surface area (Å²) in [5, 5.41) is 4.33. The second-order valence-electron chi connectivity index (χ2n) is 6.86. The van der Waals surface area contributed by atoms with E-state index in [-0.39, 0.29) is 0 Å². The summed E-state index contributed by atoms with van der Waals surface area (Å²) < 4.78 is 15.8. The average molecular weight is 433 g/mol. The Hall–Kier alpha value is -3.51. The summed E-state index contributed by atoms with van der Waals surface area (Å²) in [6, 6.07) is 24.1. The quantitative estimate of drug-likeness (QED) is 0.364. The monoisotopic (exact) mass is 432 g/mol. The molecule has 1 N–H and O–H groups in total. The van der Waals surface area contributed by atoms with Crippen molar-refractivity contribution < 1.29 is 14.2 Å². The molecule has 0 radical (unpaired) electrons. The van der Waals surface area contributed by atoms with Crippen LogP contribution in [0.25, 0.3) is 21.7 Å². The van der Waals surface area contributed by atoms with Gasteiger partial charge in [0, 0.05) is 12.1 Å². The summed E-state index contributed by atoms with van der Waals surface area (Å²) in [5.74, 6) is 2.50. The van der Waals surface area contributed by atoms with Gasteiger partial charge in [0.1, 0.15) is 17.2 Å². The van der Waals surface area contributed by atoms with Gasteiger partial charge in [-0.3, -0.25) is 0 Å². The molecule has 0 fully saturated rings. The Balaban J connectivity index is 1.64. The zero-order valence-electron chi connectivity index (χ0n) is 17.7. The van der Waals surface area contributed by atoms with Gasteiger partial charge >= 0.3 is 0 Å². The molecular weight excluding hydrogens is 408 g/mol. The molecular formula is C25H24N2O3S. The van der Waals surface area contributed by atoms with Crippen molar-refractivity contribution in [2.45, 2.75) is 6.54 Å². The van der Waals surface area contributed by atoms with E-state index in [4.69, 9.17) is 19.2 Å². The maximum absolute atomic E-state index is 5.31. The minimum atomic E-state index is 0.682. The van der Waals surface area contributed by atoms with Gasteiger partial charge in [0.25, 0.3) is 0 Å². The van der Waals surface area contributed by atoms with Crippen molar-refractivity contribution in [3.63, 3.8) is 0 Å². The summed E-state index contributed by atoms with van der Waals surface area (Å²) in [7, 11) is 5.01. The third-order valence-electron chi connectivity index (χ3n) is 4.95. The summed E-state index contributed by atoms with van der Waals surface area (Å²) in [6.45, 7) is 0.682. The van der Waals surface area contributed by atoms with Crippen molar-refractivity contribution in [1.29, 1.82) is 0 Å². The van der Waals surface area contributed by atoms with Crippen LogP contribution in [0.2, 0.25) is 0 Å². The fraction of sp³-hybridized carbons (Fsp3) is 0.160. The van der Waals surface area contributed by atoms with Crippen LogP contribution in [0.1, 0.15) is 5.56 Å². The van der Waals surface area contributed by atoms with Crippen molar-refractivity contribution in [1.82, 2.24) is 4.98 Å². The first-order valence-electron chi connectivity index (χ1n) is 9.86. The number of thiazole rings is 1. The van der Waals surface area contributed by atoms with Crippen LogP contribution in [0.3, 0.4) is 0 Å². The topological polar surface area (TPSA) is 52.6 Å². The Bertz CT molecular complexity index is 1060. The lowest BCUT2D eigenvalue weighted by atomic mass is 10.1. The third kappa shape index (κ3) is 4.81. The van der Waals surface area contributed by atoms with Gasteiger partial charge in [-0.25, -0.2) is 4.98 Å². The molecule has 0 aliphatic rings. The van der Waals surface area contributed by atoms with Crippen molar-refractivity contribution in [2.24, 2.45) is 0 Å². The molecule has 0 saturated carbocycles. The van der Waals surface area contributed by atoms with Crippen molar-refractivity contribution >= 4 is 16.5 Å². The molecule has 4 aromatic rings. The number of ether oxygens (including phenoxy) is 3. The van der Waals surface area contributed by atoms with Crippen LogP contribution in [0.4, 0.5) is 5.13 Å². The third-order valence-corrected chi connectivity index (χ3v) is 6.01. The van der Waals surface area contributed by atoms with Crippen LogP contribution >= 0.6 is 11.3 Å². The molecule has 0 unspecified atom stereocenters. The summed E-state index contributed by atoms with van der Waals surface area (Å²) >= 11 is 1.64.